The summed E-state index contributed by atoms with van der Waals surface area (Å²) in [6, 6.07) is 19.6. The third-order valence-electron chi connectivity index (χ3n) is 6.76. The molecule has 0 aliphatic carbocycles. The van der Waals surface area contributed by atoms with Crippen molar-refractivity contribution in [3.05, 3.63) is 76.8 Å². The van der Waals surface area contributed by atoms with Crippen molar-refractivity contribution >= 4 is 39.4 Å². The number of fused-ring (bicyclic) bond motifs is 1. The van der Waals surface area contributed by atoms with Crippen molar-refractivity contribution in [2.75, 3.05) is 46.1 Å². The molecule has 0 fully saturated rings. The number of carbonyl (C=O) groups excluding carboxylic acids is 2. The van der Waals surface area contributed by atoms with E-state index in [1.807, 2.05) is 37.3 Å². The first kappa shape index (κ1) is 33.7. The Morgan fingerprint density at radius 2 is 1.28 bits per heavy atom. The zero-order valence-corrected chi connectivity index (χ0v) is 27.3. The predicted molar refractivity (Wildman–Crippen MR) is 168 cm³/mol. The summed E-state index contributed by atoms with van der Waals surface area (Å²) < 4.78 is 18.6. The van der Waals surface area contributed by atoms with E-state index in [4.69, 9.17) is 23.9 Å². The largest absolute Gasteiger partial charge is 0.462 e. The van der Waals surface area contributed by atoms with Gasteiger partial charge in [0.25, 0.3) is 0 Å². The van der Waals surface area contributed by atoms with E-state index >= 15 is 0 Å². The summed E-state index contributed by atoms with van der Waals surface area (Å²) in [4.78, 5) is 32.7. The van der Waals surface area contributed by atoms with E-state index in [-0.39, 0.29) is 17.5 Å². The summed E-state index contributed by atoms with van der Waals surface area (Å²) in [6.07, 6.45) is 0.759. The average Bonchev–Trinajstić information content (AvgIpc) is 2.98. The lowest BCUT2D eigenvalue weighted by atomic mass is 9.76. The Labute approximate surface area is 261 Å². The van der Waals surface area contributed by atoms with Crippen LogP contribution in [0.2, 0.25) is 0 Å². The first-order valence-corrected chi connectivity index (χ1v) is 14.2. The van der Waals surface area contributed by atoms with Gasteiger partial charge in [-0.05, 0) is 60.0 Å². The lowest BCUT2D eigenvalue weighted by Crippen LogP contribution is -2.45. The van der Waals surface area contributed by atoms with Gasteiger partial charge in [-0.15, -0.1) is 0 Å². The summed E-state index contributed by atoms with van der Waals surface area (Å²) in [5.74, 6) is 1.39. The Morgan fingerprint density at radius 3 is 1.77 bits per heavy atom. The number of halogens is 1. The molecule has 1 atom stereocenters. The SMILES string of the molecule is CON(C)C(=O)Nc1ccc(Br)cc1.CON(C)C(=O)Nc1ccc(Oc2ccc3c(c2)OC(C)(OC)CC3(C)C)cc1. The van der Waals surface area contributed by atoms with Crippen LogP contribution in [0.5, 0.6) is 17.2 Å². The Morgan fingerprint density at radius 1 is 0.791 bits per heavy atom. The van der Waals surface area contributed by atoms with E-state index in [9.17, 15) is 9.59 Å². The minimum Gasteiger partial charge on any atom is -0.462 e. The standard InChI is InChI=1S/C22H28N2O5.C9H11BrN2O2/c1-21(2)14-22(3,26-5)29-19-13-17(11-12-18(19)21)28-16-9-7-15(8-10-16)23-20(25)24(4)27-6;1-12(14-2)9(13)11-8-5-3-7(10)4-6-8/h7-13H,14H2,1-6H3,(H,23,25);3-6H,1-2H3,(H,11,13). The molecule has 0 spiro atoms. The molecule has 0 saturated heterocycles. The van der Waals surface area contributed by atoms with E-state index in [2.05, 4.69) is 40.4 Å². The molecule has 0 bridgehead atoms. The number of ether oxygens (including phenoxy) is 3. The van der Waals surface area contributed by atoms with Gasteiger partial charge in [-0.1, -0.05) is 35.8 Å². The molecule has 0 saturated carbocycles. The Kier molecular flexibility index (Phi) is 11.4. The highest BCUT2D eigenvalue weighted by atomic mass is 79.9. The number of nitrogens with one attached hydrogen (secondary N) is 2. The molecule has 4 rings (SSSR count). The van der Waals surface area contributed by atoms with Crippen LogP contribution in [-0.4, -0.2) is 63.4 Å². The molecule has 4 amide bonds. The topological polar surface area (TPSA) is 111 Å². The van der Waals surface area contributed by atoms with Crippen LogP contribution in [0.1, 0.15) is 32.8 Å². The number of amides is 4. The molecule has 0 aromatic heterocycles. The number of anilines is 2. The zero-order valence-electron chi connectivity index (χ0n) is 25.7. The molecule has 232 valence electrons. The molecular weight excluding hydrogens is 620 g/mol. The first-order valence-electron chi connectivity index (χ1n) is 13.4. The van der Waals surface area contributed by atoms with Crippen LogP contribution < -0.4 is 20.1 Å². The fourth-order valence-electron chi connectivity index (χ4n) is 4.34. The van der Waals surface area contributed by atoms with Crippen LogP contribution in [0.25, 0.3) is 0 Å². The fraction of sp³-hybridized carbons (Fsp3) is 0.355. The summed E-state index contributed by atoms with van der Waals surface area (Å²) >= 11 is 3.31. The Bertz CT molecular complexity index is 1390. The summed E-state index contributed by atoms with van der Waals surface area (Å²) in [5, 5.41) is 7.60. The van der Waals surface area contributed by atoms with E-state index < -0.39 is 5.79 Å². The van der Waals surface area contributed by atoms with Crippen molar-refractivity contribution in [1.82, 2.24) is 10.1 Å². The zero-order chi connectivity index (χ0) is 31.8. The van der Waals surface area contributed by atoms with Crippen molar-refractivity contribution in [3.8, 4) is 17.2 Å². The molecule has 12 heteroatoms. The van der Waals surface area contributed by atoms with E-state index in [1.54, 1.807) is 43.5 Å². The van der Waals surface area contributed by atoms with Gasteiger partial charge in [0.1, 0.15) is 17.2 Å². The maximum absolute atomic E-state index is 11.8. The molecule has 1 heterocycles. The number of benzene rings is 3. The van der Waals surface area contributed by atoms with Gasteiger partial charge in [-0.2, -0.15) is 0 Å². The molecule has 2 N–H and O–H groups in total. The van der Waals surface area contributed by atoms with Gasteiger partial charge in [0, 0.05) is 62.0 Å². The van der Waals surface area contributed by atoms with Gasteiger partial charge in [0.2, 0.25) is 5.79 Å². The van der Waals surface area contributed by atoms with Crippen molar-refractivity contribution in [3.63, 3.8) is 0 Å². The number of hydroxylamine groups is 4. The molecule has 43 heavy (non-hydrogen) atoms. The number of hydrogen-bond donors (Lipinski definition) is 2. The fourth-order valence-corrected chi connectivity index (χ4v) is 4.60. The maximum atomic E-state index is 11.8. The van der Waals surface area contributed by atoms with Crippen molar-refractivity contribution in [2.45, 2.75) is 38.4 Å². The van der Waals surface area contributed by atoms with Crippen LogP contribution in [0, 0.1) is 0 Å². The number of hydrogen-bond acceptors (Lipinski definition) is 7. The molecule has 1 aliphatic rings. The van der Waals surface area contributed by atoms with Gasteiger partial charge >= 0.3 is 12.1 Å². The smallest absolute Gasteiger partial charge is 0.345 e. The molecule has 1 aliphatic heterocycles. The van der Waals surface area contributed by atoms with Gasteiger partial charge in [0.05, 0.1) is 14.2 Å². The van der Waals surface area contributed by atoms with E-state index in [0.717, 1.165) is 38.0 Å². The minimum atomic E-state index is -0.676. The average molecular weight is 660 g/mol. The highest BCUT2D eigenvalue weighted by Crippen LogP contribution is 2.46. The number of rotatable bonds is 7. The summed E-state index contributed by atoms with van der Waals surface area (Å²) in [7, 11) is 7.58. The molecular formula is C31H39BrN4O7. The third kappa shape index (κ3) is 9.32. The van der Waals surface area contributed by atoms with Crippen LogP contribution in [0.4, 0.5) is 21.0 Å². The lowest BCUT2D eigenvalue weighted by molar-refractivity contribution is -0.172. The van der Waals surface area contributed by atoms with E-state index in [1.165, 1.54) is 28.3 Å². The predicted octanol–water partition coefficient (Wildman–Crippen LogP) is 7.40. The Balaban J connectivity index is 0.000000303. The van der Waals surface area contributed by atoms with Crippen LogP contribution in [0.3, 0.4) is 0 Å². The Hall–Kier alpha value is -3.84. The van der Waals surface area contributed by atoms with Gasteiger partial charge < -0.3 is 24.8 Å². The van der Waals surface area contributed by atoms with Gasteiger partial charge in [0.15, 0.2) is 0 Å². The molecule has 3 aromatic carbocycles. The van der Waals surface area contributed by atoms with Crippen LogP contribution in [0.15, 0.2) is 71.2 Å². The normalized spacial score (nSPS) is 16.4. The third-order valence-corrected chi connectivity index (χ3v) is 7.29. The van der Waals surface area contributed by atoms with Gasteiger partial charge in [-0.3, -0.25) is 9.68 Å². The minimum absolute atomic E-state index is 0.0773. The molecule has 1 unspecified atom stereocenters. The van der Waals surface area contributed by atoms with E-state index in [0.29, 0.717) is 17.2 Å². The number of carbonyl (C=O) groups is 2. The highest BCUT2D eigenvalue weighted by molar-refractivity contribution is 9.10. The van der Waals surface area contributed by atoms with Crippen LogP contribution in [-0.2, 0) is 19.8 Å². The number of nitrogens with zero attached hydrogens (tertiary/aromatic N) is 2. The van der Waals surface area contributed by atoms with Crippen molar-refractivity contribution in [1.29, 1.82) is 0 Å². The van der Waals surface area contributed by atoms with Crippen molar-refractivity contribution in [2.24, 2.45) is 0 Å². The van der Waals surface area contributed by atoms with Crippen LogP contribution >= 0.6 is 15.9 Å². The lowest BCUT2D eigenvalue weighted by Gasteiger charge is -2.43. The monoisotopic (exact) mass is 658 g/mol. The summed E-state index contributed by atoms with van der Waals surface area (Å²) in [5.41, 5.74) is 2.41. The summed E-state index contributed by atoms with van der Waals surface area (Å²) in [6.45, 7) is 6.31. The highest BCUT2D eigenvalue weighted by Gasteiger charge is 2.42. The molecule has 11 nitrogen and oxygen atoms in total. The molecule has 0 radical (unpaired) electrons. The number of methoxy groups -OCH3 is 1. The molecule has 3 aromatic rings. The second kappa shape index (κ2) is 14.6. The first-order chi connectivity index (χ1) is 20.3. The second-order valence-electron chi connectivity index (χ2n) is 10.5. The van der Waals surface area contributed by atoms with Crippen molar-refractivity contribution < 1.29 is 33.5 Å². The quantitative estimate of drug-likeness (QED) is 0.254. The second-order valence-corrected chi connectivity index (χ2v) is 11.4. The maximum Gasteiger partial charge on any atom is 0.345 e. The van der Waals surface area contributed by atoms with Gasteiger partial charge in [-0.25, -0.2) is 19.7 Å². The number of urea groups is 2.